The highest BCUT2D eigenvalue weighted by Gasteiger charge is 2.52. The second-order valence-electron chi connectivity index (χ2n) is 10.2. The molecule has 0 saturated carbocycles. The molecule has 7 nitrogen and oxygen atoms in total. The largest absolute Gasteiger partial charge is 0.480 e. The summed E-state index contributed by atoms with van der Waals surface area (Å²) >= 11 is 0. The number of benzene rings is 3. The van der Waals surface area contributed by atoms with Gasteiger partial charge in [0, 0.05) is 24.5 Å². The van der Waals surface area contributed by atoms with E-state index in [4.69, 9.17) is 9.47 Å². The van der Waals surface area contributed by atoms with E-state index < -0.39 is 17.6 Å². The van der Waals surface area contributed by atoms with E-state index in [9.17, 15) is 14.7 Å². The number of hydrogen-bond acceptors (Lipinski definition) is 5. The van der Waals surface area contributed by atoms with Crippen LogP contribution in [0.1, 0.15) is 35.4 Å². The van der Waals surface area contributed by atoms with Crippen molar-refractivity contribution < 1.29 is 24.2 Å². The van der Waals surface area contributed by atoms with Crippen LogP contribution < -0.4 is 5.32 Å². The highest BCUT2D eigenvalue weighted by atomic mass is 16.5. The lowest BCUT2D eigenvalue weighted by Crippen LogP contribution is -2.68. The van der Waals surface area contributed by atoms with Gasteiger partial charge in [-0.1, -0.05) is 78.9 Å². The van der Waals surface area contributed by atoms with Crippen molar-refractivity contribution in [2.75, 3.05) is 19.8 Å². The van der Waals surface area contributed by atoms with Gasteiger partial charge in [-0.3, -0.25) is 4.90 Å². The van der Waals surface area contributed by atoms with Gasteiger partial charge in [0.25, 0.3) is 0 Å². The molecule has 0 radical (unpaired) electrons. The van der Waals surface area contributed by atoms with Crippen molar-refractivity contribution in [2.24, 2.45) is 0 Å². The maximum Gasteiger partial charge on any atom is 0.408 e. The number of fused-ring (bicyclic) bond motifs is 5. The first-order valence-corrected chi connectivity index (χ1v) is 12.8. The normalized spacial score (nSPS) is 24.6. The number of carbonyl (C=O) groups excluding carboxylic acids is 1. The van der Waals surface area contributed by atoms with E-state index in [0.29, 0.717) is 13.2 Å². The molecule has 3 aliphatic rings. The van der Waals surface area contributed by atoms with Crippen molar-refractivity contribution in [2.45, 2.75) is 42.9 Å². The molecular weight excluding hydrogens is 468 g/mol. The zero-order valence-corrected chi connectivity index (χ0v) is 20.5. The number of carbonyl (C=O) groups is 2. The summed E-state index contributed by atoms with van der Waals surface area (Å²) in [6, 6.07) is 26.2. The molecule has 3 aromatic rings. The van der Waals surface area contributed by atoms with Crippen molar-refractivity contribution in [3.8, 4) is 11.1 Å². The number of aliphatic carboxylic acids is 1. The zero-order chi connectivity index (χ0) is 25.4. The van der Waals surface area contributed by atoms with Crippen LogP contribution in [-0.4, -0.2) is 59.5 Å². The molecule has 2 heterocycles. The van der Waals surface area contributed by atoms with E-state index in [1.807, 2.05) is 42.5 Å². The van der Waals surface area contributed by atoms with Crippen LogP contribution in [0.3, 0.4) is 0 Å². The SMILES string of the molecule is O=C(NC1(C(=O)O)CC2COCC(C1)N2Cc1ccccc1)OCC1c2ccccc2-c2ccccc21. The number of nitrogens with zero attached hydrogens (tertiary/aromatic N) is 1. The first-order chi connectivity index (χ1) is 18.0. The summed E-state index contributed by atoms with van der Waals surface area (Å²) in [6.07, 6.45) is -0.175. The lowest BCUT2D eigenvalue weighted by molar-refractivity contribution is -0.157. The topological polar surface area (TPSA) is 88.1 Å². The Morgan fingerprint density at radius 2 is 1.46 bits per heavy atom. The molecule has 0 spiro atoms. The van der Waals surface area contributed by atoms with Crippen molar-refractivity contribution in [3.63, 3.8) is 0 Å². The minimum atomic E-state index is -1.39. The minimum Gasteiger partial charge on any atom is -0.480 e. The molecule has 2 aliphatic heterocycles. The number of morpholine rings is 1. The molecule has 1 aliphatic carbocycles. The molecule has 1 amide bonds. The molecule has 2 unspecified atom stereocenters. The monoisotopic (exact) mass is 498 g/mol. The number of piperidine rings is 1. The minimum absolute atomic E-state index is 0.0839. The number of alkyl carbamates (subject to hydrolysis) is 1. The third-order valence-corrected chi connectivity index (χ3v) is 8.03. The first kappa shape index (κ1) is 23.7. The number of hydrogen-bond donors (Lipinski definition) is 2. The molecule has 6 rings (SSSR count). The average Bonchev–Trinajstić information content (AvgIpc) is 3.22. The van der Waals surface area contributed by atoms with Crippen molar-refractivity contribution >= 4 is 12.1 Å². The second-order valence-corrected chi connectivity index (χ2v) is 10.2. The number of amides is 1. The second kappa shape index (κ2) is 9.65. The Balaban J connectivity index is 1.16. The van der Waals surface area contributed by atoms with E-state index in [-0.39, 0.29) is 37.5 Å². The highest BCUT2D eigenvalue weighted by Crippen LogP contribution is 2.44. The van der Waals surface area contributed by atoms with Gasteiger partial charge in [0.15, 0.2) is 0 Å². The molecule has 37 heavy (non-hydrogen) atoms. The molecule has 2 N–H and O–H groups in total. The molecule has 0 aromatic heterocycles. The van der Waals surface area contributed by atoms with Crippen molar-refractivity contribution in [1.29, 1.82) is 0 Å². The smallest absolute Gasteiger partial charge is 0.408 e. The molecule has 2 saturated heterocycles. The Morgan fingerprint density at radius 1 is 0.892 bits per heavy atom. The van der Waals surface area contributed by atoms with Crippen molar-refractivity contribution in [1.82, 2.24) is 10.2 Å². The maximum absolute atomic E-state index is 13.1. The van der Waals surface area contributed by atoms with Gasteiger partial charge in [0.05, 0.1) is 13.2 Å². The van der Waals surface area contributed by atoms with Gasteiger partial charge in [0.2, 0.25) is 0 Å². The molecule has 2 bridgehead atoms. The molecule has 3 aromatic carbocycles. The fourth-order valence-electron chi connectivity index (χ4n) is 6.28. The Hall–Kier alpha value is -3.68. The van der Waals surface area contributed by atoms with Gasteiger partial charge in [-0.25, -0.2) is 9.59 Å². The van der Waals surface area contributed by atoms with E-state index in [2.05, 4.69) is 46.6 Å². The Kier molecular flexibility index (Phi) is 6.18. The number of nitrogens with one attached hydrogen (secondary N) is 1. The third kappa shape index (κ3) is 4.38. The summed E-state index contributed by atoms with van der Waals surface area (Å²) in [7, 11) is 0. The van der Waals surface area contributed by atoms with Crippen LogP contribution in [0.2, 0.25) is 0 Å². The van der Waals surface area contributed by atoms with Gasteiger partial charge in [-0.05, 0) is 40.7 Å². The van der Waals surface area contributed by atoms with Crippen LogP contribution in [0.4, 0.5) is 4.79 Å². The van der Waals surface area contributed by atoms with E-state index in [1.165, 1.54) is 5.56 Å². The summed E-state index contributed by atoms with van der Waals surface area (Å²) in [5, 5.41) is 13.1. The Morgan fingerprint density at radius 3 is 2.05 bits per heavy atom. The predicted octanol–water partition coefficient (Wildman–Crippen LogP) is 4.41. The maximum atomic E-state index is 13.1. The highest BCUT2D eigenvalue weighted by molar-refractivity contribution is 5.85. The van der Waals surface area contributed by atoms with Crippen LogP contribution in [0.15, 0.2) is 78.9 Å². The number of carboxylic acid groups (broad SMARTS) is 1. The van der Waals surface area contributed by atoms with Gasteiger partial charge in [-0.15, -0.1) is 0 Å². The van der Waals surface area contributed by atoms with E-state index >= 15 is 0 Å². The quantitative estimate of drug-likeness (QED) is 0.524. The lowest BCUT2D eigenvalue weighted by Gasteiger charge is -2.51. The van der Waals surface area contributed by atoms with Gasteiger partial charge >= 0.3 is 12.1 Å². The standard InChI is InChI=1S/C30H30N2O5/c33-28(34)30(14-21-17-36-18-22(15-30)32(21)16-20-8-2-1-3-9-20)31-29(35)37-19-27-25-12-6-4-10-23(25)24-11-5-7-13-26(24)27/h1-13,21-22,27H,14-19H2,(H,31,35)(H,33,34). The average molecular weight is 499 g/mol. The van der Waals surface area contributed by atoms with Gasteiger partial charge < -0.3 is 19.9 Å². The molecular formula is C30H30N2O5. The molecule has 7 heteroatoms. The fourth-order valence-corrected chi connectivity index (χ4v) is 6.28. The number of ether oxygens (including phenoxy) is 2. The summed E-state index contributed by atoms with van der Waals surface area (Å²) < 4.78 is 11.5. The van der Waals surface area contributed by atoms with Crippen LogP contribution in [0.5, 0.6) is 0 Å². The van der Waals surface area contributed by atoms with Crippen LogP contribution in [-0.2, 0) is 20.8 Å². The van der Waals surface area contributed by atoms with Gasteiger partial charge in [-0.2, -0.15) is 0 Å². The van der Waals surface area contributed by atoms with E-state index in [0.717, 1.165) is 28.8 Å². The summed E-state index contributed by atoms with van der Waals surface area (Å²) in [5.41, 5.74) is 4.30. The summed E-state index contributed by atoms with van der Waals surface area (Å²) in [6.45, 7) is 1.74. The number of rotatable bonds is 6. The Labute approximate surface area is 216 Å². The summed E-state index contributed by atoms with van der Waals surface area (Å²) in [5.74, 6) is -1.11. The Bertz CT molecular complexity index is 1250. The van der Waals surface area contributed by atoms with Crippen LogP contribution in [0, 0.1) is 0 Å². The number of carboxylic acids is 1. The first-order valence-electron chi connectivity index (χ1n) is 12.8. The third-order valence-electron chi connectivity index (χ3n) is 8.03. The zero-order valence-electron chi connectivity index (χ0n) is 20.5. The predicted molar refractivity (Wildman–Crippen MR) is 138 cm³/mol. The summed E-state index contributed by atoms with van der Waals surface area (Å²) in [4.78, 5) is 27.9. The van der Waals surface area contributed by atoms with Crippen molar-refractivity contribution in [3.05, 3.63) is 95.6 Å². The van der Waals surface area contributed by atoms with Gasteiger partial charge in [0.1, 0.15) is 12.1 Å². The van der Waals surface area contributed by atoms with Crippen LogP contribution in [0.25, 0.3) is 11.1 Å². The van der Waals surface area contributed by atoms with Crippen LogP contribution >= 0.6 is 0 Å². The van der Waals surface area contributed by atoms with E-state index in [1.54, 1.807) is 0 Å². The molecule has 190 valence electrons. The fraction of sp³-hybridized carbons (Fsp3) is 0.333. The molecule has 2 fully saturated rings. The molecule has 2 atom stereocenters. The lowest BCUT2D eigenvalue weighted by atomic mass is 9.78.